The van der Waals surface area contributed by atoms with E-state index in [1.807, 2.05) is 6.92 Å². The van der Waals surface area contributed by atoms with Crippen LogP contribution >= 0.6 is 0 Å². The molecule has 0 aromatic carbocycles. The Morgan fingerprint density at radius 1 is 1.89 bits per heavy atom. The summed E-state index contributed by atoms with van der Waals surface area (Å²) in [6, 6.07) is 0. The summed E-state index contributed by atoms with van der Waals surface area (Å²) in [6.45, 7) is 2.93. The summed E-state index contributed by atoms with van der Waals surface area (Å²) >= 11 is 0. The largest absolute Gasteiger partial charge is 0.510 e. The summed E-state index contributed by atoms with van der Waals surface area (Å²) in [7, 11) is 0. The molecule has 0 spiro atoms. The molecule has 1 rings (SSSR count). The molecule has 0 saturated heterocycles. The Balaban J connectivity index is 2.60. The topological polar surface area (TPSA) is 40.5 Å². The van der Waals surface area contributed by atoms with Crippen molar-refractivity contribution in [1.82, 2.24) is 4.90 Å². The first-order valence-electron chi connectivity index (χ1n) is 2.92. The highest BCUT2D eigenvalue weighted by Crippen LogP contribution is 2.05. The van der Waals surface area contributed by atoms with Crippen molar-refractivity contribution in [3.63, 3.8) is 0 Å². The Bertz CT molecular complexity index is 162. The monoisotopic (exact) mass is 127 g/mol. The molecule has 3 nitrogen and oxygen atoms in total. The quantitative estimate of drug-likeness (QED) is 0.550. The molecule has 0 unspecified atom stereocenters. The molecule has 0 bridgehead atoms. The highest BCUT2D eigenvalue weighted by molar-refractivity contribution is 5.90. The molecule has 1 heterocycles. The first kappa shape index (κ1) is 6.13. The number of hydrogen-bond acceptors (Lipinski definition) is 2. The molecule has 0 radical (unpaired) electrons. The highest BCUT2D eigenvalue weighted by Gasteiger charge is 2.17. The Labute approximate surface area is 53.6 Å². The summed E-state index contributed by atoms with van der Waals surface area (Å²) in [4.78, 5) is 12.3. The molecular weight excluding hydrogens is 118 g/mol. The third kappa shape index (κ3) is 1.04. The molecule has 1 aliphatic rings. The van der Waals surface area contributed by atoms with Gasteiger partial charge in [0.25, 0.3) is 0 Å². The van der Waals surface area contributed by atoms with Crippen LogP contribution in [0.25, 0.3) is 0 Å². The first-order valence-corrected chi connectivity index (χ1v) is 2.92. The number of carbonyl (C=O) groups is 1. The third-order valence-corrected chi connectivity index (χ3v) is 1.34. The van der Waals surface area contributed by atoms with Crippen LogP contribution in [0.5, 0.6) is 0 Å². The zero-order valence-electron chi connectivity index (χ0n) is 5.29. The van der Waals surface area contributed by atoms with Crippen molar-refractivity contribution in [1.29, 1.82) is 0 Å². The van der Waals surface area contributed by atoms with Gasteiger partial charge in [-0.3, -0.25) is 4.79 Å². The number of nitrogens with zero attached hydrogens (tertiary/aromatic N) is 1. The molecule has 1 amide bonds. The zero-order chi connectivity index (χ0) is 6.85. The zero-order valence-corrected chi connectivity index (χ0v) is 5.29. The van der Waals surface area contributed by atoms with E-state index in [-0.39, 0.29) is 11.7 Å². The second-order valence-corrected chi connectivity index (χ2v) is 1.99. The molecule has 0 fully saturated rings. The highest BCUT2D eigenvalue weighted by atomic mass is 16.3. The van der Waals surface area contributed by atoms with Gasteiger partial charge in [0.2, 0.25) is 5.91 Å². The maximum Gasteiger partial charge on any atom is 0.250 e. The summed E-state index contributed by atoms with van der Waals surface area (Å²) in [5, 5.41) is 8.80. The standard InChI is InChI=1S/C6H9NO2/c1-2-7-4-5(8)3-6(7)9/h3,8H,2,4H2,1H3. The molecule has 3 heteroatoms. The van der Waals surface area contributed by atoms with Crippen molar-refractivity contribution in [2.45, 2.75) is 6.92 Å². The Kier molecular flexibility index (Phi) is 1.42. The van der Waals surface area contributed by atoms with Crippen molar-refractivity contribution in [2.24, 2.45) is 0 Å². The van der Waals surface area contributed by atoms with E-state index in [0.29, 0.717) is 13.1 Å². The predicted octanol–water partition coefficient (Wildman–Crippen LogP) is 0.290. The van der Waals surface area contributed by atoms with Crippen molar-refractivity contribution >= 4 is 5.91 Å². The number of likely N-dealkylation sites (N-methyl/N-ethyl adjacent to an activating group) is 1. The Hall–Kier alpha value is -0.990. The van der Waals surface area contributed by atoms with Crippen LogP contribution in [0.15, 0.2) is 11.8 Å². The number of aliphatic hydroxyl groups is 1. The predicted molar refractivity (Wildman–Crippen MR) is 33.0 cm³/mol. The number of rotatable bonds is 1. The van der Waals surface area contributed by atoms with Crippen LogP contribution < -0.4 is 0 Å². The van der Waals surface area contributed by atoms with Gasteiger partial charge in [-0.1, -0.05) is 0 Å². The Morgan fingerprint density at radius 3 is 2.78 bits per heavy atom. The molecule has 1 N–H and O–H groups in total. The molecule has 0 atom stereocenters. The minimum absolute atomic E-state index is 0.0880. The summed E-state index contributed by atoms with van der Waals surface area (Å²) in [6.07, 6.45) is 1.25. The first-order chi connectivity index (χ1) is 4.24. The Morgan fingerprint density at radius 2 is 2.56 bits per heavy atom. The van der Waals surface area contributed by atoms with E-state index in [4.69, 9.17) is 5.11 Å². The fourth-order valence-electron chi connectivity index (χ4n) is 0.821. The molecule has 1 aliphatic heterocycles. The van der Waals surface area contributed by atoms with Gasteiger partial charge < -0.3 is 10.0 Å². The van der Waals surface area contributed by atoms with Gasteiger partial charge in [0.15, 0.2) is 0 Å². The van der Waals surface area contributed by atoms with Gasteiger partial charge in [0, 0.05) is 12.6 Å². The van der Waals surface area contributed by atoms with Gasteiger partial charge in [0.05, 0.1) is 6.54 Å². The van der Waals surface area contributed by atoms with Crippen molar-refractivity contribution in [3.8, 4) is 0 Å². The minimum Gasteiger partial charge on any atom is -0.510 e. The van der Waals surface area contributed by atoms with Gasteiger partial charge in [-0.25, -0.2) is 0 Å². The number of amides is 1. The lowest BCUT2D eigenvalue weighted by Gasteiger charge is -2.10. The SMILES string of the molecule is CCN1CC(O)=CC1=O. The maximum absolute atomic E-state index is 10.7. The van der Waals surface area contributed by atoms with E-state index in [1.165, 1.54) is 6.08 Å². The average Bonchev–Trinajstić information content (AvgIpc) is 2.10. The van der Waals surface area contributed by atoms with Crippen molar-refractivity contribution in [3.05, 3.63) is 11.8 Å². The number of hydrogen-bond donors (Lipinski definition) is 1. The summed E-state index contributed by atoms with van der Waals surface area (Å²) in [5.41, 5.74) is 0. The van der Waals surface area contributed by atoms with Gasteiger partial charge in [-0.2, -0.15) is 0 Å². The van der Waals surface area contributed by atoms with E-state index in [0.717, 1.165) is 0 Å². The van der Waals surface area contributed by atoms with E-state index in [9.17, 15) is 4.79 Å². The van der Waals surface area contributed by atoms with Gasteiger partial charge in [-0.15, -0.1) is 0 Å². The van der Waals surface area contributed by atoms with Crippen LogP contribution in [-0.2, 0) is 4.79 Å². The van der Waals surface area contributed by atoms with Crippen LogP contribution in [0.4, 0.5) is 0 Å². The van der Waals surface area contributed by atoms with E-state index in [2.05, 4.69) is 0 Å². The lowest BCUT2D eigenvalue weighted by molar-refractivity contribution is -0.124. The van der Waals surface area contributed by atoms with Crippen molar-refractivity contribution < 1.29 is 9.90 Å². The fourth-order valence-corrected chi connectivity index (χ4v) is 0.821. The lowest BCUT2D eigenvalue weighted by Crippen LogP contribution is -2.25. The van der Waals surface area contributed by atoms with Gasteiger partial charge in [-0.05, 0) is 6.92 Å². The van der Waals surface area contributed by atoms with E-state index in [1.54, 1.807) is 4.90 Å². The molecular formula is C6H9NO2. The minimum atomic E-state index is -0.0880. The van der Waals surface area contributed by atoms with E-state index >= 15 is 0 Å². The van der Waals surface area contributed by atoms with Gasteiger partial charge >= 0.3 is 0 Å². The van der Waals surface area contributed by atoms with Gasteiger partial charge in [0.1, 0.15) is 5.76 Å². The van der Waals surface area contributed by atoms with Crippen LogP contribution in [0, 0.1) is 0 Å². The van der Waals surface area contributed by atoms with Crippen molar-refractivity contribution in [2.75, 3.05) is 13.1 Å². The van der Waals surface area contributed by atoms with Crippen LogP contribution in [0.1, 0.15) is 6.92 Å². The molecule has 0 aliphatic carbocycles. The second-order valence-electron chi connectivity index (χ2n) is 1.99. The number of aliphatic hydroxyl groups excluding tert-OH is 1. The molecule has 0 aromatic heterocycles. The molecule has 0 saturated carbocycles. The van der Waals surface area contributed by atoms with Crippen LogP contribution in [0.2, 0.25) is 0 Å². The van der Waals surface area contributed by atoms with Crippen LogP contribution in [-0.4, -0.2) is 29.0 Å². The summed E-state index contributed by atoms with van der Waals surface area (Å²) in [5.74, 6) is 0.0804. The third-order valence-electron chi connectivity index (χ3n) is 1.34. The maximum atomic E-state index is 10.7. The molecule has 50 valence electrons. The second kappa shape index (κ2) is 2.09. The molecule has 0 aromatic rings. The lowest BCUT2D eigenvalue weighted by atomic mass is 10.5. The normalized spacial score (nSPS) is 18.6. The molecule has 9 heavy (non-hydrogen) atoms. The van der Waals surface area contributed by atoms with E-state index < -0.39 is 0 Å². The van der Waals surface area contributed by atoms with Crippen LogP contribution in [0.3, 0.4) is 0 Å². The summed E-state index contributed by atoms with van der Waals surface area (Å²) < 4.78 is 0. The number of carbonyl (C=O) groups excluding carboxylic acids is 1. The fraction of sp³-hybridized carbons (Fsp3) is 0.500. The average molecular weight is 127 g/mol. The smallest absolute Gasteiger partial charge is 0.250 e.